The average Bonchev–Trinajstić information content (AvgIpc) is 3.43. The Morgan fingerprint density at radius 3 is 2.39 bits per heavy atom. The van der Waals surface area contributed by atoms with Crippen molar-refractivity contribution in [2.24, 2.45) is 17.8 Å². The highest BCUT2D eigenvalue weighted by atomic mass is 16.6. The Balaban J connectivity index is 1.31. The summed E-state index contributed by atoms with van der Waals surface area (Å²) in [6.07, 6.45) is 6.23. The fourth-order valence-electron chi connectivity index (χ4n) is 6.82. The summed E-state index contributed by atoms with van der Waals surface area (Å²) in [6.45, 7) is 13.9. The van der Waals surface area contributed by atoms with E-state index in [-0.39, 0.29) is 12.2 Å². The number of rotatable bonds is 5. The fraction of sp³-hybridized carbons (Fsp3) is 0.958. The molecule has 5 aliphatic rings. The number of ether oxygens (including phenoxy) is 1. The first-order valence-electron chi connectivity index (χ1n) is 12.9. The molecule has 3 heterocycles. The molecule has 2 saturated carbocycles. The number of fused-ring (bicyclic) bond motifs is 1. The molecular weight excluding hydrogens is 390 g/mol. The number of nitrogens with one attached hydrogen (secondary N) is 2. The SMILES string of the molecule is CC(C)OC(=O)N1C[C@H](C)N(C(C)C2CC2)C2CCC(C3CNN(C4CNC4)C3)CC21. The highest BCUT2D eigenvalue weighted by Crippen LogP contribution is 2.44. The fourth-order valence-corrected chi connectivity index (χ4v) is 6.82. The van der Waals surface area contributed by atoms with Gasteiger partial charge in [0.2, 0.25) is 0 Å². The van der Waals surface area contributed by atoms with Crippen LogP contribution < -0.4 is 10.7 Å². The number of hydrogen-bond acceptors (Lipinski definition) is 6. The molecule has 3 aliphatic heterocycles. The lowest BCUT2D eigenvalue weighted by Crippen LogP contribution is -2.68. The van der Waals surface area contributed by atoms with Gasteiger partial charge in [-0.2, -0.15) is 0 Å². The number of amides is 1. The van der Waals surface area contributed by atoms with Gasteiger partial charge in [-0.05, 0) is 77.6 Å². The van der Waals surface area contributed by atoms with Crippen LogP contribution in [-0.4, -0.2) is 89.9 Å². The normalized spacial score (nSPS) is 38.7. The minimum Gasteiger partial charge on any atom is -0.447 e. The largest absolute Gasteiger partial charge is 0.447 e. The standard InChI is InChI=1S/C24H43N5O2/c1-15(2)31-24(30)27-13-16(3)29(17(4)18-5-6-18)22-8-7-19(9-23(22)27)20-10-26-28(14-20)21-11-25-12-21/h15-23,25-26H,5-14H2,1-4H3/t16-,17?,19?,20?,22?,23?/m0/s1. The van der Waals surface area contributed by atoms with Gasteiger partial charge in [-0.25, -0.2) is 9.80 Å². The Labute approximate surface area is 188 Å². The van der Waals surface area contributed by atoms with Gasteiger partial charge in [-0.3, -0.25) is 10.3 Å². The van der Waals surface area contributed by atoms with Crippen LogP contribution in [0.5, 0.6) is 0 Å². The molecular formula is C24H43N5O2. The zero-order valence-corrected chi connectivity index (χ0v) is 19.9. The Bertz CT molecular complexity index is 652. The topological polar surface area (TPSA) is 60.1 Å². The Morgan fingerprint density at radius 1 is 0.968 bits per heavy atom. The third-order valence-corrected chi connectivity index (χ3v) is 8.78. The Morgan fingerprint density at radius 2 is 1.74 bits per heavy atom. The lowest BCUT2D eigenvalue weighted by atomic mass is 9.73. The zero-order chi connectivity index (χ0) is 21.7. The minimum atomic E-state index is -0.0945. The van der Waals surface area contributed by atoms with Crippen LogP contribution in [-0.2, 0) is 4.74 Å². The summed E-state index contributed by atoms with van der Waals surface area (Å²) in [5.74, 6) is 2.24. The number of carbonyl (C=O) groups excluding carboxylic acids is 1. The maximum Gasteiger partial charge on any atom is 0.410 e. The van der Waals surface area contributed by atoms with Crippen molar-refractivity contribution >= 4 is 6.09 Å². The minimum absolute atomic E-state index is 0.0623. The summed E-state index contributed by atoms with van der Waals surface area (Å²) in [4.78, 5) is 18.0. The second-order valence-electron chi connectivity index (χ2n) is 11.3. The van der Waals surface area contributed by atoms with Gasteiger partial charge in [0.1, 0.15) is 0 Å². The first-order valence-corrected chi connectivity index (χ1v) is 12.9. The number of hydrazine groups is 1. The van der Waals surface area contributed by atoms with Crippen LogP contribution in [0.25, 0.3) is 0 Å². The van der Waals surface area contributed by atoms with Crippen molar-refractivity contribution < 1.29 is 9.53 Å². The molecule has 31 heavy (non-hydrogen) atoms. The molecule has 5 unspecified atom stereocenters. The van der Waals surface area contributed by atoms with E-state index in [9.17, 15) is 4.79 Å². The molecule has 176 valence electrons. The second-order valence-corrected chi connectivity index (χ2v) is 11.3. The van der Waals surface area contributed by atoms with E-state index < -0.39 is 0 Å². The Kier molecular flexibility index (Phi) is 6.23. The van der Waals surface area contributed by atoms with Crippen LogP contribution in [0.4, 0.5) is 4.79 Å². The van der Waals surface area contributed by atoms with Crippen LogP contribution >= 0.6 is 0 Å². The first-order chi connectivity index (χ1) is 14.9. The number of carbonyl (C=O) groups is 1. The monoisotopic (exact) mass is 433 g/mol. The maximum atomic E-state index is 13.1. The molecule has 0 spiro atoms. The molecule has 0 bridgehead atoms. The van der Waals surface area contributed by atoms with Gasteiger partial charge < -0.3 is 15.0 Å². The Hall–Kier alpha value is -0.890. The predicted octanol–water partition coefficient (Wildman–Crippen LogP) is 2.28. The highest BCUT2D eigenvalue weighted by Gasteiger charge is 2.50. The summed E-state index contributed by atoms with van der Waals surface area (Å²) in [5, 5.41) is 5.87. The van der Waals surface area contributed by atoms with Crippen molar-refractivity contribution in [3.05, 3.63) is 0 Å². The molecule has 0 aromatic carbocycles. The third-order valence-electron chi connectivity index (χ3n) is 8.78. The number of hydrogen-bond donors (Lipinski definition) is 2. The smallest absolute Gasteiger partial charge is 0.410 e. The predicted molar refractivity (Wildman–Crippen MR) is 122 cm³/mol. The van der Waals surface area contributed by atoms with Crippen molar-refractivity contribution in [3.8, 4) is 0 Å². The molecule has 0 aromatic rings. The molecule has 3 saturated heterocycles. The first kappa shape index (κ1) is 21.9. The summed E-state index contributed by atoms with van der Waals surface area (Å²) in [6, 6.07) is 2.47. The molecule has 5 rings (SSSR count). The average molecular weight is 434 g/mol. The van der Waals surface area contributed by atoms with Gasteiger partial charge in [-0.1, -0.05) is 0 Å². The van der Waals surface area contributed by atoms with E-state index in [2.05, 4.69) is 39.4 Å². The lowest BCUT2D eigenvalue weighted by Gasteiger charge is -2.56. The van der Waals surface area contributed by atoms with Crippen molar-refractivity contribution in [2.75, 3.05) is 32.7 Å². The van der Waals surface area contributed by atoms with Crippen LogP contribution in [0.1, 0.15) is 59.8 Å². The van der Waals surface area contributed by atoms with Crippen molar-refractivity contribution in [2.45, 2.75) is 96.1 Å². The molecule has 0 aromatic heterocycles. The molecule has 5 fully saturated rings. The molecule has 0 radical (unpaired) electrons. The quantitative estimate of drug-likeness (QED) is 0.694. The van der Waals surface area contributed by atoms with Gasteiger partial charge in [0, 0.05) is 56.9 Å². The summed E-state index contributed by atoms with van der Waals surface area (Å²) < 4.78 is 5.71. The molecule has 2 aliphatic carbocycles. The molecule has 7 heteroatoms. The molecule has 6 atom stereocenters. The van der Waals surface area contributed by atoms with Crippen LogP contribution in [0.2, 0.25) is 0 Å². The maximum absolute atomic E-state index is 13.1. The zero-order valence-electron chi connectivity index (χ0n) is 19.9. The van der Waals surface area contributed by atoms with Crippen molar-refractivity contribution in [1.82, 2.24) is 25.6 Å². The van der Waals surface area contributed by atoms with Gasteiger partial charge in [0.05, 0.1) is 12.1 Å². The lowest BCUT2D eigenvalue weighted by molar-refractivity contribution is -0.0700. The third kappa shape index (κ3) is 4.35. The van der Waals surface area contributed by atoms with E-state index in [1.807, 2.05) is 13.8 Å². The van der Waals surface area contributed by atoms with Crippen molar-refractivity contribution in [3.63, 3.8) is 0 Å². The van der Waals surface area contributed by atoms with E-state index in [0.717, 1.165) is 45.1 Å². The van der Waals surface area contributed by atoms with Crippen LogP contribution in [0.15, 0.2) is 0 Å². The summed E-state index contributed by atoms with van der Waals surface area (Å²) >= 11 is 0. The van der Waals surface area contributed by atoms with Crippen molar-refractivity contribution in [1.29, 1.82) is 0 Å². The van der Waals surface area contributed by atoms with E-state index in [0.29, 0.717) is 42.0 Å². The number of piperazine rings is 1. The van der Waals surface area contributed by atoms with Crippen LogP contribution in [0.3, 0.4) is 0 Å². The highest BCUT2D eigenvalue weighted by molar-refractivity contribution is 5.68. The summed E-state index contributed by atoms with van der Waals surface area (Å²) in [5.41, 5.74) is 3.67. The van der Waals surface area contributed by atoms with E-state index in [1.54, 1.807) is 0 Å². The van der Waals surface area contributed by atoms with Gasteiger partial charge in [-0.15, -0.1) is 0 Å². The van der Waals surface area contributed by atoms with E-state index >= 15 is 0 Å². The van der Waals surface area contributed by atoms with Gasteiger partial charge in [0.25, 0.3) is 0 Å². The van der Waals surface area contributed by atoms with Gasteiger partial charge >= 0.3 is 6.09 Å². The number of nitrogens with zero attached hydrogens (tertiary/aromatic N) is 3. The second kappa shape index (κ2) is 8.81. The molecule has 7 nitrogen and oxygen atoms in total. The molecule has 2 N–H and O–H groups in total. The molecule has 1 amide bonds. The van der Waals surface area contributed by atoms with E-state index in [4.69, 9.17) is 4.74 Å². The van der Waals surface area contributed by atoms with Gasteiger partial charge in [0.15, 0.2) is 0 Å². The van der Waals surface area contributed by atoms with E-state index in [1.165, 1.54) is 25.7 Å². The summed E-state index contributed by atoms with van der Waals surface area (Å²) in [7, 11) is 0. The van der Waals surface area contributed by atoms with Crippen LogP contribution in [0, 0.1) is 17.8 Å².